The summed E-state index contributed by atoms with van der Waals surface area (Å²) in [5.74, 6) is -13.2. The van der Waals surface area contributed by atoms with E-state index >= 15 is 24.0 Å². The van der Waals surface area contributed by atoms with Gasteiger partial charge in [-0.25, -0.2) is 4.79 Å². The molecule has 32 heteroatoms. The molecule has 1 heterocycles. The minimum atomic E-state index is -1.95. The smallest absolute Gasteiger partial charge is 0.327 e. The molecule has 11 amide bonds. The third-order valence-electron chi connectivity index (χ3n) is 19.4. The highest BCUT2D eigenvalue weighted by Crippen LogP contribution is 2.25. The van der Waals surface area contributed by atoms with Crippen LogP contribution in [0.2, 0.25) is 0 Å². The Morgan fingerprint density at radius 1 is 0.427 bits per heavy atom. The minimum Gasteiger partial charge on any atom is -0.508 e. The lowest BCUT2D eigenvalue weighted by atomic mass is 9.98. The summed E-state index contributed by atoms with van der Waals surface area (Å²) in [6.07, 6.45) is -4.12. The van der Waals surface area contributed by atoms with Gasteiger partial charge >= 0.3 is 5.97 Å². The van der Waals surface area contributed by atoms with E-state index in [1.165, 1.54) is 19.1 Å². The predicted molar refractivity (Wildman–Crippen MR) is 444 cm³/mol. The van der Waals surface area contributed by atoms with Crippen LogP contribution in [0.5, 0.6) is 5.75 Å². The molecule has 6 unspecified atom stereocenters. The average molecular weight is 1640 g/mol. The average Bonchev–Trinajstić information content (AvgIpc) is 0.835. The molecular weight excluding hydrogens is 1540 g/mol. The summed E-state index contributed by atoms with van der Waals surface area (Å²) in [5, 5.41) is 87.4. The largest absolute Gasteiger partial charge is 0.508 e. The van der Waals surface area contributed by atoms with Crippen LogP contribution in [0.1, 0.15) is 92.3 Å². The minimum absolute atomic E-state index is 0.00990. The number of phenols is 1. The Morgan fingerprint density at radius 3 is 1.27 bits per heavy atom. The van der Waals surface area contributed by atoms with Crippen LogP contribution < -0.4 is 69.5 Å². The maximum absolute atomic E-state index is 15.7. The summed E-state index contributed by atoms with van der Waals surface area (Å²) in [5.41, 5.74) is 10.1. The molecule has 8 rings (SSSR count). The number of amides is 11. The van der Waals surface area contributed by atoms with E-state index < -0.39 is 162 Å². The van der Waals surface area contributed by atoms with Crippen molar-refractivity contribution in [2.75, 3.05) is 24.7 Å². The SMILES string of the molecule is CC(C)NCc1ccc(CC2NC(=O)C(Cc3ccc4ccccc4c3)NC(=O)[C@H](Cc3ccccc3)NC(=O)C(Cc3ccccc3)NC(=O)[C@H](CCCCN)NC(=O)C(NC(=O)CCc3ccc(O)cc3)CSSC[C@H](C(=O)O)NC(=O)[C@H](CO)NC(=O)C([C@@H](C)O)NC(=O)[C@H](Cc3ccccc3)NC(=O)C([C@@H](C)O)NC2=O)cc1. The van der Waals surface area contributed by atoms with Crippen molar-refractivity contribution in [1.29, 1.82) is 0 Å². The van der Waals surface area contributed by atoms with Gasteiger partial charge in [0.25, 0.3) is 0 Å². The van der Waals surface area contributed by atoms with E-state index in [9.17, 15) is 59.1 Å². The molecule has 0 saturated carbocycles. The van der Waals surface area contributed by atoms with Crippen molar-refractivity contribution in [3.05, 3.63) is 221 Å². The number of aryl methyl sites for hydroxylation is 1. The van der Waals surface area contributed by atoms with Gasteiger partial charge in [-0.2, -0.15) is 0 Å². The number of carbonyl (C=O) groups is 12. The van der Waals surface area contributed by atoms with E-state index in [1.807, 2.05) is 62.4 Å². The van der Waals surface area contributed by atoms with Crippen LogP contribution in [0.15, 0.2) is 182 Å². The number of carboxylic acids is 1. The molecule has 19 N–H and O–H groups in total. The third-order valence-corrected chi connectivity index (χ3v) is 21.8. The zero-order valence-electron chi connectivity index (χ0n) is 65.5. The zero-order chi connectivity index (χ0) is 84.5. The highest BCUT2D eigenvalue weighted by molar-refractivity contribution is 8.76. The lowest BCUT2D eigenvalue weighted by molar-refractivity contribution is -0.142. The monoisotopic (exact) mass is 1640 g/mol. The van der Waals surface area contributed by atoms with Crippen LogP contribution in [0, 0.1) is 0 Å². The molecule has 1 fully saturated rings. The third kappa shape index (κ3) is 29.8. The predicted octanol–water partition coefficient (Wildman–Crippen LogP) is 1.88. The van der Waals surface area contributed by atoms with Crippen molar-refractivity contribution in [1.82, 2.24) is 63.8 Å². The van der Waals surface area contributed by atoms with Gasteiger partial charge in [0.1, 0.15) is 72.2 Å². The summed E-state index contributed by atoms with van der Waals surface area (Å²) in [4.78, 5) is 177. The number of nitrogens with one attached hydrogen (secondary N) is 12. The Balaban J connectivity index is 1.22. The number of hydrogen-bond acceptors (Lipinski definition) is 20. The summed E-state index contributed by atoms with van der Waals surface area (Å²) in [6.45, 7) is 5.78. The number of rotatable bonds is 25. The Labute approximate surface area is 686 Å². The van der Waals surface area contributed by atoms with Crippen LogP contribution in [-0.2, 0) is 103 Å². The molecule has 0 radical (unpaired) electrons. The molecule has 0 aromatic heterocycles. The molecule has 0 spiro atoms. The van der Waals surface area contributed by atoms with Crippen LogP contribution in [0.3, 0.4) is 0 Å². The summed E-state index contributed by atoms with van der Waals surface area (Å²) < 4.78 is 0. The van der Waals surface area contributed by atoms with Gasteiger partial charge in [-0.1, -0.05) is 205 Å². The van der Waals surface area contributed by atoms with Crippen molar-refractivity contribution in [2.24, 2.45) is 5.73 Å². The number of aliphatic carboxylic acids is 1. The van der Waals surface area contributed by atoms with E-state index in [1.54, 1.807) is 121 Å². The van der Waals surface area contributed by atoms with Crippen molar-refractivity contribution in [2.45, 2.75) is 183 Å². The van der Waals surface area contributed by atoms with Gasteiger partial charge in [-0.05, 0) is 108 Å². The normalized spacial score (nSPS) is 22.4. The first-order valence-electron chi connectivity index (χ1n) is 38.8. The van der Waals surface area contributed by atoms with Gasteiger partial charge in [0.2, 0.25) is 65.0 Å². The highest BCUT2D eigenvalue weighted by atomic mass is 33.1. The molecule has 117 heavy (non-hydrogen) atoms. The van der Waals surface area contributed by atoms with E-state index in [2.05, 4.69) is 63.8 Å². The van der Waals surface area contributed by atoms with Crippen LogP contribution in [0.4, 0.5) is 0 Å². The second kappa shape index (κ2) is 46.5. The van der Waals surface area contributed by atoms with E-state index in [0.29, 0.717) is 46.3 Å². The molecule has 1 aliphatic rings. The fraction of sp³-hybridized carbons (Fsp3) is 0.388. The number of aliphatic hydroxyl groups is 3. The van der Waals surface area contributed by atoms with Crippen molar-refractivity contribution < 1.29 is 83.1 Å². The summed E-state index contributed by atoms with van der Waals surface area (Å²) >= 11 is 0. The number of nitrogens with two attached hydrogens (primary N) is 1. The standard InChI is InChI=1S/C85H105N13O17S2/c1-50(2)87-46-58-29-27-57(28-30-58)44-66-79(108)97-73(51(3)100)83(112)94-67(43-56-22-12-7-13-23-56)80(109)98-74(52(4)101)84(113)95-69(47-99)81(110)96-71(85(114)115)49-117-116-48-70(88-72(103)38-34-53-32-36-62(102)37-33-53)82(111)89-63(26-16-17-39-86)75(104)90-64(41-54-18-8-5-9-19-54)76(105)91-65(42-55-20-10-6-11-21-55)77(106)93-68(78(107)92-66)45-59-31-35-60-24-14-15-25-61(60)40-59/h5-15,18-25,27-33,35-37,40,50-52,63-71,73-74,87,99-102H,16-17,26,34,38-39,41-49,86H2,1-4H3,(H,88,103)(H,89,111)(H,90,104)(H,91,105)(H,92,107)(H,93,106)(H,94,112)(H,95,113)(H,96,110)(H,97,108)(H,98,109)(H,114,115)/t51-,52-,63+,64?,65+,66?,67+,68?,69+,70?,71-,73?,74?/m1/s1. The second-order valence-corrected chi connectivity index (χ2v) is 31.7. The number of carboxylic acid groups (broad SMARTS) is 1. The van der Waals surface area contributed by atoms with Gasteiger partial charge < -0.3 is 95.1 Å². The second-order valence-electron chi connectivity index (χ2n) is 29.1. The molecule has 13 atom stereocenters. The molecule has 30 nitrogen and oxygen atoms in total. The number of phenolic OH excluding ortho intramolecular Hbond substituents is 1. The fourth-order valence-electron chi connectivity index (χ4n) is 12.8. The number of carbonyl (C=O) groups excluding carboxylic acids is 11. The summed E-state index contributed by atoms with van der Waals surface area (Å²) in [6, 6.07) is 33.3. The summed E-state index contributed by atoms with van der Waals surface area (Å²) in [7, 11) is 1.72. The molecule has 624 valence electrons. The molecule has 7 aromatic rings. The number of aromatic hydroxyl groups is 1. The first-order valence-corrected chi connectivity index (χ1v) is 41.3. The molecule has 1 saturated heterocycles. The Morgan fingerprint density at radius 2 is 0.812 bits per heavy atom. The number of unbranched alkanes of at least 4 members (excludes halogenated alkanes) is 1. The number of hydrogen-bond donors (Lipinski definition) is 18. The van der Waals surface area contributed by atoms with Gasteiger partial charge in [-0.3, -0.25) is 52.7 Å². The molecule has 1 aliphatic heterocycles. The van der Waals surface area contributed by atoms with Gasteiger partial charge in [0.05, 0.1) is 18.8 Å². The lowest BCUT2D eigenvalue weighted by Crippen LogP contribution is -2.63. The van der Waals surface area contributed by atoms with Crippen LogP contribution >= 0.6 is 21.6 Å². The number of fused-ring (bicyclic) bond motifs is 1. The van der Waals surface area contributed by atoms with Crippen LogP contribution in [-0.4, -0.2) is 206 Å². The zero-order valence-corrected chi connectivity index (χ0v) is 67.2. The topological polar surface area (TPSA) is 476 Å². The van der Waals surface area contributed by atoms with Gasteiger partial charge in [-0.15, -0.1) is 0 Å². The highest BCUT2D eigenvalue weighted by Gasteiger charge is 2.39. The van der Waals surface area contributed by atoms with Crippen molar-refractivity contribution in [3.63, 3.8) is 0 Å². The molecule has 7 aromatic carbocycles. The quantitative estimate of drug-likeness (QED) is 0.0287. The van der Waals surface area contributed by atoms with E-state index in [0.717, 1.165) is 44.8 Å². The first-order chi connectivity index (χ1) is 56.1. The van der Waals surface area contributed by atoms with Crippen LogP contribution in [0.25, 0.3) is 10.8 Å². The Kier molecular flexibility index (Phi) is 36.3. The van der Waals surface area contributed by atoms with Crippen molar-refractivity contribution >= 4 is 103 Å². The van der Waals surface area contributed by atoms with Crippen molar-refractivity contribution in [3.8, 4) is 5.75 Å². The van der Waals surface area contributed by atoms with Gasteiger partial charge in [0.15, 0.2) is 0 Å². The van der Waals surface area contributed by atoms with Gasteiger partial charge in [0, 0.05) is 62.6 Å². The lowest BCUT2D eigenvalue weighted by Gasteiger charge is -2.29. The first kappa shape index (κ1) is 91.3. The molecule has 0 bridgehead atoms. The van der Waals surface area contributed by atoms with E-state index in [4.69, 9.17) is 5.73 Å². The van der Waals surface area contributed by atoms with E-state index in [-0.39, 0.29) is 81.9 Å². The number of aliphatic hydroxyl groups excluding tert-OH is 3. The number of benzene rings is 7. The molecular formula is C85H105N13O17S2. The maximum atomic E-state index is 15.7. The molecule has 0 aliphatic carbocycles. The Bertz CT molecular complexity index is 4480. The fourth-order valence-corrected chi connectivity index (χ4v) is 15.1. The maximum Gasteiger partial charge on any atom is 0.327 e. The Hall–Kier alpha value is -11.3.